The second-order valence-electron chi connectivity index (χ2n) is 6.78. The van der Waals surface area contributed by atoms with Gasteiger partial charge in [-0.15, -0.1) is 11.8 Å². The highest BCUT2D eigenvalue weighted by molar-refractivity contribution is 8.04. The number of Topliss-reactive ketones (excluding diaryl/α,β-unsaturated/α-hetero) is 1. The molecule has 1 N–H and O–H groups in total. The van der Waals surface area contributed by atoms with Crippen molar-refractivity contribution >= 4 is 35.2 Å². The number of benzene rings is 1. The zero-order valence-electron chi connectivity index (χ0n) is 15.7. The number of nitrogens with zero attached hydrogens (tertiary/aromatic N) is 2. The number of carbonyl (C=O) groups is 3. The number of thioether (sulfide) groups is 1. The van der Waals surface area contributed by atoms with Crippen LogP contribution in [-0.4, -0.2) is 61.7 Å². The van der Waals surface area contributed by atoms with Crippen LogP contribution in [0.25, 0.3) is 0 Å². The third kappa shape index (κ3) is 4.44. The first-order valence-electron chi connectivity index (χ1n) is 8.76. The minimum Gasteiger partial charge on any atom is -0.442 e. The van der Waals surface area contributed by atoms with Gasteiger partial charge in [-0.05, 0) is 30.2 Å². The second kappa shape index (κ2) is 8.04. The van der Waals surface area contributed by atoms with Crippen molar-refractivity contribution in [3.8, 4) is 0 Å². The minimum absolute atomic E-state index is 0.0142. The largest absolute Gasteiger partial charge is 0.442 e. The molecule has 1 saturated heterocycles. The first kappa shape index (κ1) is 19.3. The van der Waals surface area contributed by atoms with Crippen LogP contribution in [0.4, 0.5) is 10.5 Å². The summed E-state index contributed by atoms with van der Waals surface area (Å²) in [7, 11) is 3.79. The number of ether oxygens (including phenoxy) is 1. The van der Waals surface area contributed by atoms with E-state index in [1.54, 1.807) is 28.8 Å². The Morgan fingerprint density at radius 2 is 2.19 bits per heavy atom. The van der Waals surface area contributed by atoms with Gasteiger partial charge >= 0.3 is 6.09 Å². The molecule has 2 heterocycles. The molecule has 2 amide bonds. The molecule has 0 spiro atoms. The van der Waals surface area contributed by atoms with Crippen LogP contribution < -0.4 is 10.2 Å². The fourth-order valence-corrected chi connectivity index (χ4v) is 4.14. The standard InChI is InChI=1S/C19H23N3O4S/c1-12(23)20-9-15-10-22(19(25)26-15)14-4-5-16-13(8-14)6-7-27-17(18(16)24)11-21(2)3/h4-5,8,11,15H,6-7,9-10H2,1-3H3,(H,20,23). The van der Waals surface area contributed by atoms with Crippen LogP contribution in [0, 0.1) is 0 Å². The number of rotatable bonds is 4. The van der Waals surface area contributed by atoms with E-state index in [1.807, 2.05) is 31.3 Å². The summed E-state index contributed by atoms with van der Waals surface area (Å²) in [6.07, 6.45) is 1.78. The molecule has 8 heteroatoms. The number of aryl methyl sites for hydroxylation is 1. The number of hydrogen-bond donors (Lipinski definition) is 1. The van der Waals surface area contributed by atoms with Gasteiger partial charge in [-0.3, -0.25) is 14.5 Å². The Balaban J connectivity index is 1.80. The number of amides is 2. The lowest BCUT2D eigenvalue weighted by atomic mass is 10.00. The summed E-state index contributed by atoms with van der Waals surface area (Å²) < 4.78 is 5.32. The zero-order chi connectivity index (χ0) is 19.6. The van der Waals surface area contributed by atoms with E-state index in [4.69, 9.17) is 4.74 Å². The van der Waals surface area contributed by atoms with Crippen LogP contribution in [0.3, 0.4) is 0 Å². The van der Waals surface area contributed by atoms with Crippen molar-refractivity contribution in [3.63, 3.8) is 0 Å². The van der Waals surface area contributed by atoms with Gasteiger partial charge in [0.25, 0.3) is 0 Å². The highest BCUT2D eigenvalue weighted by Gasteiger charge is 2.33. The third-order valence-corrected chi connectivity index (χ3v) is 5.34. The summed E-state index contributed by atoms with van der Waals surface area (Å²) in [5.41, 5.74) is 2.33. The summed E-state index contributed by atoms with van der Waals surface area (Å²) >= 11 is 1.55. The first-order chi connectivity index (χ1) is 12.8. The van der Waals surface area contributed by atoms with E-state index < -0.39 is 6.09 Å². The molecule has 144 valence electrons. The van der Waals surface area contributed by atoms with Crippen molar-refractivity contribution in [1.29, 1.82) is 0 Å². The Morgan fingerprint density at radius 3 is 2.89 bits per heavy atom. The number of ketones is 1. The fraction of sp³-hybridized carbons (Fsp3) is 0.421. The van der Waals surface area contributed by atoms with Crippen molar-refractivity contribution < 1.29 is 19.1 Å². The number of anilines is 1. The molecule has 2 aliphatic rings. The Morgan fingerprint density at radius 1 is 1.41 bits per heavy atom. The predicted octanol–water partition coefficient (Wildman–Crippen LogP) is 2.02. The molecule has 1 unspecified atom stereocenters. The molecule has 3 rings (SSSR count). The number of nitrogens with one attached hydrogen (secondary N) is 1. The smallest absolute Gasteiger partial charge is 0.414 e. The Labute approximate surface area is 162 Å². The van der Waals surface area contributed by atoms with Gasteiger partial charge < -0.3 is 15.0 Å². The van der Waals surface area contributed by atoms with Crippen molar-refractivity contribution in [2.45, 2.75) is 19.4 Å². The van der Waals surface area contributed by atoms with Crippen LogP contribution >= 0.6 is 11.8 Å². The molecule has 1 aromatic carbocycles. The van der Waals surface area contributed by atoms with E-state index in [0.717, 1.165) is 22.6 Å². The van der Waals surface area contributed by atoms with E-state index in [2.05, 4.69) is 5.32 Å². The highest BCUT2D eigenvalue weighted by Crippen LogP contribution is 2.32. The minimum atomic E-state index is -0.437. The SMILES string of the molecule is CC(=O)NCC1CN(c2ccc3c(c2)CCSC(=CN(C)C)C3=O)C(=O)O1. The van der Waals surface area contributed by atoms with Crippen molar-refractivity contribution in [1.82, 2.24) is 10.2 Å². The molecule has 0 aromatic heterocycles. The van der Waals surface area contributed by atoms with Crippen LogP contribution in [0.15, 0.2) is 29.3 Å². The lowest BCUT2D eigenvalue weighted by molar-refractivity contribution is -0.119. The average Bonchev–Trinajstić information content (AvgIpc) is 2.91. The molecule has 0 radical (unpaired) electrons. The monoisotopic (exact) mass is 389 g/mol. The number of allylic oxidation sites excluding steroid dienone is 1. The topological polar surface area (TPSA) is 79.0 Å². The first-order valence-corrected chi connectivity index (χ1v) is 9.75. The van der Waals surface area contributed by atoms with Crippen LogP contribution in [0.5, 0.6) is 0 Å². The van der Waals surface area contributed by atoms with E-state index in [9.17, 15) is 14.4 Å². The van der Waals surface area contributed by atoms with Gasteiger partial charge in [-0.2, -0.15) is 0 Å². The zero-order valence-corrected chi connectivity index (χ0v) is 16.5. The molecular weight excluding hydrogens is 366 g/mol. The number of fused-ring (bicyclic) bond motifs is 1. The molecule has 7 nitrogen and oxygen atoms in total. The van der Waals surface area contributed by atoms with Gasteiger partial charge in [0.2, 0.25) is 11.7 Å². The summed E-state index contributed by atoms with van der Waals surface area (Å²) in [5.74, 6) is 0.657. The maximum atomic E-state index is 12.8. The van der Waals surface area contributed by atoms with E-state index >= 15 is 0 Å². The van der Waals surface area contributed by atoms with Crippen LogP contribution in [0.2, 0.25) is 0 Å². The maximum absolute atomic E-state index is 12.8. The summed E-state index contributed by atoms with van der Waals surface area (Å²) in [6, 6.07) is 5.47. The summed E-state index contributed by atoms with van der Waals surface area (Å²) in [4.78, 5) is 40.2. The third-order valence-electron chi connectivity index (χ3n) is 4.33. The Bertz CT molecular complexity index is 806. The van der Waals surface area contributed by atoms with Gasteiger partial charge in [0, 0.05) is 44.2 Å². The molecule has 27 heavy (non-hydrogen) atoms. The molecule has 1 aromatic rings. The van der Waals surface area contributed by atoms with Gasteiger partial charge in [0.1, 0.15) is 6.10 Å². The van der Waals surface area contributed by atoms with Gasteiger partial charge in [-0.1, -0.05) is 0 Å². The second-order valence-corrected chi connectivity index (χ2v) is 7.92. The lowest BCUT2D eigenvalue weighted by Crippen LogP contribution is -2.33. The maximum Gasteiger partial charge on any atom is 0.414 e. The van der Waals surface area contributed by atoms with Gasteiger partial charge in [0.15, 0.2) is 0 Å². The lowest BCUT2D eigenvalue weighted by Gasteiger charge is -2.16. The van der Waals surface area contributed by atoms with Crippen LogP contribution in [-0.2, 0) is 16.0 Å². The molecule has 0 bridgehead atoms. The number of cyclic esters (lactones) is 1. The van der Waals surface area contributed by atoms with Gasteiger partial charge in [0.05, 0.1) is 18.0 Å². The molecule has 2 aliphatic heterocycles. The quantitative estimate of drug-likeness (QED) is 0.794. The summed E-state index contributed by atoms with van der Waals surface area (Å²) in [5, 5.41) is 2.66. The molecule has 1 atom stereocenters. The normalized spacial score (nSPS) is 20.9. The molecule has 0 aliphatic carbocycles. The molecule has 1 fully saturated rings. The van der Waals surface area contributed by atoms with E-state index in [-0.39, 0.29) is 24.3 Å². The van der Waals surface area contributed by atoms with E-state index in [1.165, 1.54) is 6.92 Å². The number of hydrogen-bond acceptors (Lipinski definition) is 6. The number of carbonyl (C=O) groups excluding carboxylic acids is 3. The highest BCUT2D eigenvalue weighted by atomic mass is 32.2. The van der Waals surface area contributed by atoms with Crippen molar-refractivity contribution in [3.05, 3.63) is 40.4 Å². The Kier molecular flexibility index (Phi) is 5.74. The molecule has 0 saturated carbocycles. The Hall–Kier alpha value is -2.48. The van der Waals surface area contributed by atoms with Gasteiger partial charge in [-0.25, -0.2) is 4.79 Å². The fourth-order valence-electron chi connectivity index (χ4n) is 3.07. The van der Waals surface area contributed by atoms with Crippen LogP contribution in [0.1, 0.15) is 22.8 Å². The molecular formula is C19H23N3O4S. The average molecular weight is 389 g/mol. The predicted molar refractivity (Wildman–Crippen MR) is 105 cm³/mol. The van der Waals surface area contributed by atoms with Crippen molar-refractivity contribution in [2.75, 3.05) is 37.8 Å². The summed E-state index contributed by atoms with van der Waals surface area (Å²) in [6.45, 7) is 2.08. The van der Waals surface area contributed by atoms with Crippen molar-refractivity contribution in [2.24, 2.45) is 0 Å². The van der Waals surface area contributed by atoms with E-state index in [0.29, 0.717) is 17.8 Å².